The monoisotopic (exact) mass is 259 g/mol. The largest absolute Gasteiger partial charge is 0.394 e. The van der Waals surface area contributed by atoms with Crippen molar-refractivity contribution in [2.75, 3.05) is 27.3 Å². The van der Waals surface area contributed by atoms with Crippen molar-refractivity contribution in [3.05, 3.63) is 11.8 Å². The van der Waals surface area contributed by atoms with E-state index in [1.54, 1.807) is 6.92 Å². The molecule has 0 aliphatic carbocycles. The van der Waals surface area contributed by atoms with Gasteiger partial charge in [0.15, 0.2) is 0 Å². The number of aliphatic hydroxyl groups excluding tert-OH is 1. The van der Waals surface area contributed by atoms with Crippen molar-refractivity contribution in [3.63, 3.8) is 0 Å². The van der Waals surface area contributed by atoms with E-state index >= 15 is 0 Å². The third-order valence-corrected chi connectivity index (χ3v) is 2.46. The summed E-state index contributed by atoms with van der Waals surface area (Å²) in [6.07, 6.45) is 1.41. The van der Waals surface area contributed by atoms with Crippen molar-refractivity contribution < 1.29 is 19.4 Å². The molecule has 0 aromatic carbocycles. The number of carbonyl (C=O) groups excluding carboxylic acids is 2. The van der Waals surface area contributed by atoms with Crippen molar-refractivity contribution in [2.24, 2.45) is 5.73 Å². The number of nitrogens with two attached hydrogens (primary N) is 1. The molecular weight excluding hydrogens is 238 g/mol. The summed E-state index contributed by atoms with van der Waals surface area (Å²) in [4.78, 5) is 23.4. The Bertz CT molecular complexity index is 303. The highest BCUT2D eigenvalue weighted by Crippen LogP contribution is 2.01. The van der Waals surface area contributed by atoms with Crippen LogP contribution in [-0.2, 0) is 14.3 Å². The predicted molar refractivity (Wildman–Crippen MR) is 66.5 cm³/mol. The van der Waals surface area contributed by atoms with Gasteiger partial charge in [-0.1, -0.05) is 0 Å². The van der Waals surface area contributed by atoms with E-state index in [1.165, 1.54) is 25.3 Å². The third-order valence-electron chi connectivity index (χ3n) is 2.46. The van der Waals surface area contributed by atoms with Crippen LogP contribution in [-0.4, -0.2) is 61.8 Å². The summed E-state index contributed by atoms with van der Waals surface area (Å²) >= 11 is 0. The van der Waals surface area contributed by atoms with E-state index in [2.05, 4.69) is 5.32 Å². The van der Waals surface area contributed by atoms with Gasteiger partial charge in [0.1, 0.15) is 0 Å². The first kappa shape index (κ1) is 16.6. The molecule has 7 heteroatoms. The van der Waals surface area contributed by atoms with E-state index in [1.807, 2.05) is 0 Å². The first-order valence-corrected chi connectivity index (χ1v) is 5.50. The second kappa shape index (κ2) is 8.62. The molecular formula is C11H21N3O4. The minimum Gasteiger partial charge on any atom is -0.394 e. The van der Waals surface area contributed by atoms with E-state index in [4.69, 9.17) is 15.6 Å². The Morgan fingerprint density at radius 1 is 1.61 bits per heavy atom. The third kappa shape index (κ3) is 5.26. The van der Waals surface area contributed by atoms with Gasteiger partial charge < -0.3 is 25.8 Å². The molecule has 0 aliphatic heterocycles. The van der Waals surface area contributed by atoms with Crippen LogP contribution in [0.15, 0.2) is 11.8 Å². The molecule has 2 amide bonds. The highest BCUT2D eigenvalue weighted by Gasteiger charge is 2.18. The maximum atomic E-state index is 11.3. The van der Waals surface area contributed by atoms with Crippen molar-refractivity contribution in [2.45, 2.75) is 19.1 Å². The summed E-state index contributed by atoms with van der Waals surface area (Å²) in [6.45, 7) is 1.50. The van der Waals surface area contributed by atoms with Gasteiger partial charge >= 0.3 is 0 Å². The number of methoxy groups -OCH3 is 1. The maximum absolute atomic E-state index is 11.3. The molecule has 0 saturated carbocycles. The number of rotatable bonds is 8. The average Bonchev–Trinajstić information content (AvgIpc) is 2.38. The van der Waals surface area contributed by atoms with Crippen LogP contribution >= 0.6 is 0 Å². The zero-order valence-corrected chi connectivity index (χ0v) is 10.9. The first-order chi connectivity index (χ1) is 8.49. The summed E-state index contributed by atoms with van der Waals surface area (Å²) in [5, 5.41) is 11.4. The Morgan fingerprint density at radius 3 is 2.61 bits per heavy atom. The molecule has 0 heterocycles. The Balaban J connectivity index is 4.61. The molecule has 0 spiro atoms. The molecule has 0 aliphatic rings. The minimum absolute atomic E-state index is 0.150. The number of nitrogens with zero attached hydrogens (tertiary/aromatic N) is 1. The summed E-state index contributed by atoms with van der Waals surface area (Å²) in [5.74, 6) is -0.277. The maximum Gasteiger partial charge on any atom is 0.248 e. The van der Waals surface area contributed by atoms with Gasteiger partial charge in [0.05, 0.1) is 18.8 Å². The molecule has 4 N–H and O–H groups in total. The Labute approximate surface area is 107 Å². The number of ether oxygens (including phenoxy) is 1. The van der Waals surface area contributed by atoms with Crippen LogP contribution in [0.5, 0.6) is 0 Å². The van der Waals surface area contributed by atoms with Gasteiger partial charge in [-0.3, -0.25) is 9.59 Å². The topological polar surface area (TPSA) is 105 Å². The van der Waals surface area contributed by atoms with Crippen molar-refractivity contribution >= 4 is 12.3 Å². The quantitative estimate of drug-likeness (QED) is 0.361. The van der Waals surface area contributed by atoms with Gasteiger partial charge in [-0.2, -0.15) is 0 Å². The molecule has 0 aromatic heterocycles. The summed E-state index contributed by atoms with van der Waals surface area (Å²) < 4.78 is 4.96. The summed E-state index contributed by atoms with van der Waals surface area (Å²) in [5.41, 5.74) is 6.17. The van der Waals surface area contributed by atoms with Crippen molar-refractivity contribution in [1.29, 1.82) is 0 Å². The van der Waals surface area contributed by atoms with Crippen LogP contribution in [0.2, 0.25) is 0 Å². The Kier molecular flexibility index (Phi) is 7.93. The molecule has 0 fully saturated rings. The summed E-state index contributed by atoms with van der Waals surface area (Å²) in [7, 11) is 2.93. The lowest BCUT2D eigenvalue weighted by Gasteiger charge is -2.24. The van der Waals surface area contributed by atoms with Gasteiger partial charge in [-0.15, -0.1) is 0 Å². The van der Waals surface area contributed by atoms with Gasteiger partial charge in [0.25, 0.3) is 0 Å². The fourth-order valence-corrected chi connectivity index (χ4v) is 1.38. The lowest BCUT2D eigenvalue weighted by molar-refractivity contribution is -0.117. The highest BCUT2D eigenvalue weighted by atomic mass is 16.5. The molecule has 2 unspecified atom stereocenters. The van der Waals surface area contributed by atoms with Crippen LogP contribution in [0.1, 0.15) is 6.92 Å². The van der Waals surface area contributed by atoms with E-state index in [9.17, 15) is 9.59 Å². The van der Waals surface area contributed by atoms with Crippen LogP contribution in [0.4, 0.5) is 0 Å². The Morgan fingerprint density at radius 2 is 2.22 bits per heavy atom. The lowest BCUT2D eigenvalue weighted by Crippen LogP contribution is -2.46. The molecule has 104 valence electrons. The SMILES string of the molecule is CNC(=O)/C(C)=C\N(C=O)CC(N)C(CO)OC. The van der Waals surface area contributed by atoms with Gasteiger partial charge in [0.2, 0.25) is 12.3 Å². The number of amides is 2. The standard InChI is InChI=1S/C11H21N3O4/c1-8(11(17)13-2)4-14(7-16)5-9(12)10(6-15)18-3/h4,7,9-10,15H,5-6,12H2,1-3H3,(H,13,17)/b8-4-. The molecule has 18 heavy (non-hydrogen) atoms. The van der Waals surface area contributed by atoms with E-state index in [-0.39, 0.29) is 19.1 Å². The molecule has 7 nitrogen and oxygen atoms in total. The highest BCUT2D eigenvalue weighted by molar-refractivity contribution is 5.92. The fraction of sp³-hybridized carbons (Fsp3) is 0.636. The molecule has 0 saturated heterocycles. The van der Waals surface area contributed by atoms with Crippen LogP contribution < -0.4 is 11.1 Å². The van der Waals surface area contributed by atoms with Crippen molar-refractivity contribution in [3.8, 4) is 0 Å². The lowest BCUT2D eigenvalue weighted by atomic mass is 10.1. The van der Waals surface area contributed by atoms with Gasteiger partial charge in [-0.05, 0) is 6.92 Å². The Hall–Kier alpha value is -1.44. The normalized spacial score (nSPS) is 14.8. The summed E-state index contributed by atoms with van der Waals surface area (Å²) in [6, 6.07) is -0.543. The predicted octanol–water partition coefficient (Wildman–Crippen LogP) is -1.57. The van der Waals surface area contributed by atoms with Gasteiger partial charge in [0, 0.05) is 32.5 Å². The van der Waals surface area contributed by atoms with E-state index < -0.39 is 12.1 Å². The number of hydrogen-bond acceptors (Lipinski definition) is 5. The van der Waals surface area contributed by atoms with Crippen LogP contribution in [0.25, 0.3) is 0 Å². The second-order valence-electron chi connectivity index (χ2n) is 3.81. The van der Waals surface area contributed by atoms with E-state index in [0.717, 1.165) is 0 Å². The molecule has 0 rings (SSSR count). The molecule has 0 bridgehead atoms. The zero-order chi connectivity index (χ0) is 14.1. The molecule has 2 atom stereocenters. The molecule has 0 radical (unpaired) electrons. The first-order valence-electron chi connectivity index (χ1n) is 5.50. The van der Waals surface area contributed by atoms with Crippen LogP contribution in [0.3, 0.4) is 0 Å². The number of carbonyl (C=O) groups is 2. The van der Waals surface area contributed by atoms with Crippen molar-refractivity contribution in [1.82, 2.24) is 10.2 Å². The average molecular weight is 259 g/mol. The van der Waals surface area contributed by atoms with Gasteiger partial charge in [-0.25, -0.2) is 0 Å². The van der Waals surface area contributed by atoms with Crippen LogP contribution in [0, 0.1) is 0 Å². The second-order valence-corrected chi connectivity index (χ2v) is 3.81. The minimum atomic E-state index is -0.554. The number of likely N-dealkylation sites (N-methyl/N-ethyl adjacent to an activating group) is 1. The fourth-order valence-electron chi connectivity index (χ4n) is 1.38. The molecule has 0 aromatic rings. The number of hydrogen-bond donors (Lipinski definition) is 3. The van der Waals surface area contributed by atoms with E-state index in [0.29, 0.717) is 12.0 Å². The zero-order valence-electron chi connectivity index (χ0n) is 10.9. The smallest absolute Gasteiger partial charge is 0.248 e. The number of aliphatic hydroxyl groups is 1. The number of nitrogens with one attached hydrogen (secondary N) is 1.